The number of carbonyl (C=O) groups is 1. The highest BCUT2D eigenvalue weighted by molar-refractivity contribution is 5.95. The van der Waals surface area contributed by atoms with E-state index in [4.69, 9.17) is 11.5 Å². The Bertz CT molecular complexity index is 1330. The second-order valence-corrected chi connectivity index (χ2v) is 8.87. The second-order valence-electron chi connectivity index (χ2n) is 8.87. The van der Waals surface area contributed by atoms with Gasteiger partial charge in [0.05, 0.1) is 17.0 Å². The molecule has 1 aliphatic carbocycles. The third-order valence-corrected chi connectivity index (χ3v) is 6.36. The number of aryl methyl sites for hydroxylation is 1. The standard InChI is InChI=1S/C26H26FN7O/c1-16-20(7-2-17-3-9-23(28)30-15-17)24(32-26(29)31-16)21-8-4-18(14-22(21)27)25(35)34-12-10-33(11-13-34)19-5-6-19/h3-4,8-9,14-15,19H,5-6,10-13H2,1H3,(H2,28,30)(H2,29,31,32). The van der Waals surface area contributed by atoms with Gasteiger partial charge in [-0.2, -0.15) is 0 Å². The maximum Gasteiger partial charge on any atom is 0.254 e. The molecule has 35 heavy (non-hydrogen) atoms. The molecule has 8 nitrogen and oxygen atoms in total. The Kier molecular flexibility index (Phi) is 6.05. The van der Waals surface area contributed by atoms with Gasteiger partial charge < -0.3 is 16.4 Å². The lowest BCUT2D eigenvalue weighted by Gasteiger charge is -2.34. The van der Waals surface area contributed by atoms with Crippen molar-refractivity contribution in [2.75, 3.05) is 37.6 Å². The molecule has 1 amide bonds. The van der Waals surface area contributed by atoms with Crippen LogP contribution in [0.1, 0.15) is 40.0 Å². The van der Waals surface area contributed by atoms with Crippen molar-refractivity contribution in [3.05, 3.63) is 64.7 Å². The van der Waals surface area contributed by atoms with Crippen molar-refractivity contribution in [1.29, 1.82) is 0 Å². The topological polar surface area (TPSA) is 114 Å². The van der Waals surface area contributed by atoms with E-state index in [1.54, 1.807) is 42.3 Å². The molecule has 9 heteroatoms. The van der Waals surface area contributed by atoms with Crippen molar-refractivity contribution in [2.45, 2.75) is 25.8 Å². The number of anilines is 2. The van der Waals surface area contributed by atoms with Gasteiger partial charge in [0.15, 0.2) is 0 Å². The molecule has 1 saturated heterocycles. The van der Waals surface area contributed by atoms with Crippen LogP contribution in [-0.2, 0) is 0 Å². The van der Waals surface area contributed by atoms with Gasteiger partial charge in [-0.25, -0.2) is 19.3 Å². The molecule has 5 rings (SSSR count). The zero-order valence-electron chi connectivity index (χ0n) is 19.5. The molecule has 1 aliphatic heterocycles. The third kappa shape index (κ3) is 4.93. The van der Waals surface area contributed by atoms with Crippen molar-refractivity contribution in [3.63, 3.8) is 0 Å². The molecule has 1 saturated carbocycles. The fraction of sp³-hybridized carbons (Fsp3) is 0.308. The molecule has 4 N–H and O–H groups in total. The minimum atomic E-state index is -0.567. The average Bonchev–Trinajstić information content (AvgIpc) is 3.69. The van der Waals surface area contributed by atoms with Gasteiger partial charge in [0.1, 0.15) is 11.6 Å². The van der Waals surface area contributed by atoms with Crippen molar-refractivity contribution in [2.24, 2.45) is 0 Å². The highest BCUT2D eigenvalue weighted by Crippen LogP contribution is 2.29. The first-order valence-corrected chi connectivity index (χ1v) is 11.6. The highest BCUT2D eigenvalue weighted by Gasteiger charge is 2.32. The number of rotatable bonds is 3. The van der Waals surface area contributed by atoms with E-state index in [0.717, 1.165) is 13.1 Å². The van der Waals surface area contributed by atoms with Crippen LogP contribution in [0.25, 0.3) is 11.3 Å². The van der Waals surface area contributed by atoms with Gasteiger partial charge in [0, 0.05) is 55.1 Å². The smallest absolute Gasteiger partial charge is 0.254 e. The van der Waals surface area contributed by atoms with Crippen molar-refractivity contribution in [1.82, 2.24) is 24.8 Å². The van der Waals surface area contributed by atoms with Crippen LogP contribution in [0.5, 0.6) is 0 Å². The fourth-order valence-electron chi connectivity index (χ4n) is 4.31. The van der Waals surface area contributed by atoms with Gasteiger partial charge in [-0.15, -0.1) is 0 Å². The first kappa shape index (κ1) is 22.7. The van der Waals surface area contributed by atoms with E-state index in [0.29, 0.717) is 47.3 Å². The maximum absolute atomic E-state index is 15.3. The molecule has 0 radical (unpaired) electrons. The Morgan fingerprint density at radius 1 is 1.06 bits per heavy atom. The fourth-order valence-corrected chi connectivity index (χ4v) is 4.31. The van der Waals surface area contributed by atoms with Gasteiger partial charge in [0.2, 0.25) is 5.95 Å². The van der Waals surface area contributed by atoms with Crippen LogP contribution in [0.15, 0.2) is 36.5 Å². The van der Waals surface area contributed by atoms with Crippen LogP contribution in [0.4, 0.5) is 16.2 Å². The Hall–Kier alpha value is -4.03. The lowest BCUT2D eigenvalue weighted by Crippen LogP contribution is -2.49. The van der Waals surface area contributed by atoms with Gasteiger partial charge >= 0.3 is 0 Å². The first-order chi connectivity index (χ1) is 16.9. The van der Waals surface area contributed by atoms with E-state index in [9.17, 15) is 4.79 Å². The summed E-state index contributed by atoms with van der Waals surface area (Å²) in [5.41, 5.74) is 13.9. The van der Waals surface area contributed by atoms with Crippen LogP contribution in [0.3, 0.4) is 0 Å². The summed E-state index contributed by atoms with van der Waals surface area (Å²) >= 11 is 0. The normalized spacial score (nSPS) is 16.0. The van der Waals surface area contributed by atoms with Crippen molar-refractivity contribution in [3.8, 4) is 23.1 Å². The Morgan fingerprint density at radius 3 is 2.49 bits per heavy atom. The van der Waals surface area contributed by atoms with E-state index < -0.39 is 5.82 Å². The van der Waals surface area contributed by atoms with E-state index in [1.807, 2.05) is 0 Å². The Morgan fingerprint density at radius 2 is 1.83 bits per heavy atom. The third-order valence-electron chi connectivity index (χ3n) is 6.36. The molecule has 1 aromatic carbocycles. The summed E-state index contributed by atoms with van der Waals surface area (Å²) in [6, 6.07) is 8.52. The summed E-state index contributed by atoms with van der Waals surface area (Å²) in [5, 5.41) is 0. The largest absolute Gasteiger partial charge is 0.384 e. The maximum atomic E-state index is 15.3. The van der Waals surface area contributed by atoms with Crippen LogP contribution in [-0.4, -0.2) is 62.9 Å². The predicted molar refractivity (Wildman–Crippen MR) is 132 cm³/mol. The Balaban J connectivity index is 1.42. The molecule has 2 aromatic heterocycles. The number of halogens is 1. The number of piperazine rings is 1. The number of nitrogen functional groups attached to an aromatic ring is 2. The molecular formula is C26H26FN7O. The summed E-state index contributed by atoms with van der Waals surface area (Å²) in [6.45, 7) is 4.77. The zero-order valence-corrected chi connectivity index (χ0v) is 19.5. The number of pyridine rings is 1. The summed E-state index contributed by atoms with van der Waals surface area (Å²) in [4.78, 5) is 29.7. The number of carbonyl (C=O) groups excluding carboxylic acids is 1. The molecule has 3 aromatic rings. The number of amides is 1. The van der Waals surface area contributed by atoms with Crippen LogP contribution < -0.4 is 11.5 Å². The minimum absolute atomic E-state index is 0.0188. The average molecular weight is 472 g/mol. The quantitative estimate of drug-likeness (QED) is 0.564. The number of nitrogens with two attached hydrogens (primary N) is 2. The van der Waals surface area contributed by atoms with Crippen molar-refractivity contribution < 1.29 is 9.18 Å². The Labute approximate surface area is 203 Å². The molecule has 0 unspecified atom stereocenters. The molecule has 0 atom stereocenters. The zero-order chi connectivity index (χ0) is 24.5. The number of benzene rings is 1. The molecule has 0 spiro atoms. The van der Waals surface area contributed by atoms with Crippen LogP contribution in [0.2, 0.25) is 0 Å². The van der Waals surface area contributed by atoms with Gasteiger partial charge in [0.25, 0.3) is 5.91 Å². The molecule has 178 valence electrons. The van der Waals surface area contributed by atoms with E-state index >= 15 is 4.39 Å². The van der Waals surface area contributed by atoms with Gasteiger partial charge in [-0.1, -0.05) is 11.8 Å². The SMILES string of the molecule is Cc1nc(N)nc(-c2ccc(C(=O)N3CCN(C4CC4)CC3)cc2F)c1C#Cc1ccc(N)nc1. The second kappa shape index (κ2) is 9.31. The van der Waals surface area contributed by atoms with Crippen LogP contribution >= 0.6 is 0 Å². The number of hydrogen-bond donors (Lipinski definition) is 2. The first-order valence-electron chi connectivity index (χ1n) is 11.6. The minimum Gasteiger partial charge on any atom is -0.384 e. The van der Waals surface area contributed by atoms with Crippen LogP contribution in [0, 0.1) is 24.6 Å². The van der Waals surface area contributed by atoms with E-state index in [-0.39, 0.29) is 23.1 Å². The molecule has 3 heterocycles. The summed E-state index contributed by atoms with van der Waals surface area (Å²) in [7, 11) is 0. The van der Waals surface area contributed by atoms with Crippen molar-refractivity contribution >= 4 is 17.7 Å². The predicted octanol–water partition coefficient (Wildman–Crippen LogP) is 2.47. The number of nitrogens with zero attached hydrogens (tertiary/aromatic N) is 5. The lowest BCUT2D eigenvalue weighted by atomic mass is 10.0. The van der Waals surface area contributed by atoms with Gasteiger partial charge in [-0.05, 0) is 50.1 Å². The van der Waals surface area contributed by atoms with Gasteiger partial charge in [-0.3, -0.25) is 9.69 Å². The molecular weight excluding hydrogens is 445 g/mol. The monoisotopic (exact) mass is 471 g/mol. The summed E-state index contributed by atoms with van der Waals surface area (Å²) < 4.78 is 15.3. The molecule has 2 aliphatic rings. The lowest BCUT2D eigenvalue weighted by molar-refractivity contribution is 0.0627. The van der Waals surface area contributed by atoms with E-state index in [2.05, 4.69) is 31.7 Å². The molecule has 0 bridgehead atoms. The van der Waals surface area contributed by atoms with E-state index in [1.165, 1.54) is 18.9 Å². The number of hydrogen-bond acceptors (Lipinski definition) is 7. The number of aromatic nitrogens is 3. The highest BCUT2D eigenvalue weighted by atomic mass is 19.1. The molecule has 2 fully saturated rings. The summed E-state index contributed by atoms with van der Waals surface area (Å²) in [5.74, 6) is 5.69. The summed E-state index contributed by atoms with van der Waals surface area (Å²) in [6.07, 6.45) is 4.05.